The highest BCUT2D eigenvalue weighted by Crippen LogP contribution is 2.19. The second kappa shape index (κ2) is 11.8. The second-order valence-electron chi connectivity index (χ2n) is 7.79. The topological polar surface area (TPSA) is 40.6 Å². The zero-order valence-corrected chi connectivity index (χ0v) is 19.0. The standard InChI is InChI=1S/C24H34N2O2S/c1-5-10-23(27)25(15-19(3)6-2)18-24(28)26(16-21-11-8-7-9-12-21)17-22-14-13-20(4)29-22/h7-9,11-14,19H,5-6,10,15-18H2,1-4H3/t19-/m0/s1. The first-order valence-corrected chi connectivity index (χ1v) is 11.4. The summed E-state index contributed by atoms with van der Waals surface area (Å²) < 4.78 is 0. The molecule has 1 aromatic carbocycles. The van der Waals surface area contributed by atoms with Crippen LogP contribution >= 0.6 is 11.3 Å². The molecule has 1 atom stereocenters. The highest BCUT2D eigenvalue weighted by atomic mass is 32.1. The number of carbonyl (C=O) groups excluding carboxylic acids is 2. The number of nitrogens with zero attached hydrogens (tertiary/aromatic N) is 2. The van der Waals surface area contributed by atoms with Crippen LogP contribution in [0.5, 0.6) is 0 Å². The Bertz CT molecular complexity index is 772. The van der Waals surface area contributed by atoms with E-state index in [0.29, 0.717) is 32.0 Å². The Labute approximate surface area is 179 Å². The Kier molecular flexibility index (Phi) is 9.39. The molecule has 2 amide bonds. The van der Waals surface area contributed by atoms with Crippen molar-refractivity contribution in [3.8, 4) is 0 Å². The van der Waals surface area contributed by atoms with Crippen molar-refractivity contribution in [1.29, 1.82) is 0 Å². The zero-order valence-electron chi connectivity index (χ0n) is 18.2. The molecule has 2 aromatic rings. The summed E-state index contributed by atoms with van der Waals surface area (Å²) in [6.07, 6.45) is 2.28. The Morgan fingerprint density at radius 2 is 1.69 bits per heavy atom. The predicted molar refractivity (Wildman–Crippen MR) is 121 cm³/mol. The fourth-order valence-electron chi connectivity index (χ4n) is 3.19. The van der Waals surface area contributed by atoms with Gasteiger partial charge in [-0.05, 0) is 37.0 Å². The maximum atomic E-state index is 13.3. The van der Waals surface area contributed by atoms with Crippen molar-refractivity contribution in [1.82, 2.24) is 9.80 Å². The molecule has 1 heterocycles. The number of amides is 2. The monoisotopic (exact) mass is 414 g/mol. The molecule has 0 bridgehead atoms. The maximum absolute atomic E-state index is 13.3. The minimum absolute atomic E-state index is 0.00709. The predicted octanol–water partition coefficient (Wildman–Crippen LogP) is 5.26. The van der Waals surface area contributed by atoms with E-state index in [4.69, 9.17) is 0 Å². The van der Waals surface area contributed by atoms with Crippen molar-refractivity contribution in [2.75, 3.05) is 13.1 Å². The maximum Gasteiger partial charge on any atom is 0.242 e. The van der Waals surface area contributed by atoms with Crippen LogP contribution in [0.3, 0.4) is 0 Å². The van der Waals surface area contributed by atoms with Gasteiger partial charge >= 0.3 is 0 Å². The van der Waals surface area contributed by atoms with Crippen LogP contribution in [0, 0.1) is 12.8 Å². The lowest BCUT2D eigenvalue weighted by Gasteiger charge is -2.29. The van der Waals surface area contributed by atoms with Gasteiger partial charge in [-0.1, -0.05) is 57.5 Å². The highest BCUT2D eigenvalue weighted by Gasteiger charge is 2.23. The first kappa shape index (κ1) is 23.1. The molecule has 0 fully saturated rings. The largest absolute Gasteiger partial charge is 0.333 e. The third-order valence-electron chi connectivity index (χ3n) is 5.08. The summed E-state index contributed by atoms with van der Waals surface area (Å²) in [6, 6.07) is 14.2. The van der Waals surface area contributed by atoms with Gasteiger partial charge in [0.1, 0.15) is 0 Å². The lowest BCUT2D eigenvalue weighted by Crippen LogP contribution is -2.44. The Hall–Kier alpha value is -2.14. The van der Waals surface area contributed by atoms with E-state index >= 15 is 0 Å². The van der Waals surface area contributed by atoms with Crippen molar-refractivity contribution in [2.24, 2.45) is 5.92 Å². The van der Waals surface area contributed by atoms with E-state index < -0.39 is 0 Å². The number of rotatable bonds is 11. The average Bonchev–Trinajstić information content (AvgIpc) is 3.12. The van der Waals surface area contributed by atoms with Gasteiger partial charge in [0.25, 0.3) is 0 Å². The summed E-state index contributed by atoms with van der Waals surface area (Å²) in [5.74, 6) is 0.464. The molecule has 4 nitrogen and oxygen atoms in total. The van der Waals surface area contributed by atoms with Crippen LogP contribution in [0.25, 0.3) is 0 Å². The lowest BCUT2D eigenvalue weighted by atomic mass is 10.1. The van der Waals surface area contributed by atoms with E-state index in [9.17, 15) is 9.59 Å². The van der Waals surface area contributed by atoms with E-state index in [0.717, 1.165) is 18.4 Å². The van der Waals surface area contributed by atoms with Crippen LogP contribution in [0.15, 0.2) is 42.5 Å². The van der Waals surface area contributed by atoms with Crippen LogP contribution in [0.4, 0.5) is 0 Å². The van der Waals surface area contributed by atoms with Gasteiger partial charge in [0.2, 0.25) is 11.8 Å². The molecule has 1 aromatic heterocycles. The van der Waals surface area contributed by atoms with E-state index in [1.807, 2.05) is 42.2 Å². The molecule has 0 aliphatic heterocycles. The van der Waals surface area contributed by atoms with E-state index in [-0.39, 0.29) is 18.4 Å². The number of hydrogen-bond acceptors (Lipinski definition) is 3. The summed E-state index contributed by atoms with van der Waals surface area (Å²) in [4.78, 5) is 32.0. The van der Waals surface area contributed by atoms with Crippen LogP contribution in [-0.4, -0.2) is 34.7 Å². The molecule has 158 valence electrons. The summed E-state index contributed by atoms with van der Waals surface area (Å²) >= 11 is 1.72. The number of aryl methyl sites for hydroxylation is 1. The number of carbonyl (C=O) groups is 2. The fraction of sp³-hybridized carbons (Fsp3) is 0.500. The van der Waals surface area contributed by atoms with Gasteiger partial charge in [-0.3, -0.25) is 9.59 Å². The van der Waals surface area contributed by atoms with Crippen molar-refractivity contribution in [3.05, 3.63) is 57.8 Å². The molecular formula is C24H34N2O2S. The Balaban J connectivity index is 2.17. The van der Waals surface area contributed by atoms with Crippen molar-refractivity contribution >= 4 is 23.2 Å². The third-order valence-corrected chi connectivity index (χ3v) is 6.07. The zero-order chi connectivity index (χ0) is 21.2. The summed E-state index contributed by atoms with van der Waals surface area (Å²) in [5, 5.41) is 0. The first-order chi connectivity index (χ1) is 13.9. The van der Waals surface area contributed by atoms with Gasteiger partial charge in [-0.2, -0.15) is 0 Å². The third kappa shape index (κ3) is 7.65. The van der Waals surface area contributed by atoms with Crippen LogP contribution in [0.1, 0.15) is 55.4 Å². The van der Waals surface area contributed by atoms with Crippen LogP contribution < -0.4 is 0 Å². The molecule has 29 heavy (non-hydrogen) atoms. The molecule has 0 aliphatic rings. The van der Waals surface area contributed by atoms with Gasteiger partial charge in [0, 0.05) is 29.3 Å². The fourth-order valence-corrected chi connectivity index (χ4v) is 4.10. The van der Waals surface area contributed by atoms with Gasteiger partial charge in [0.15, 0.2) is 0 Å². The van der Waals surface area contributed by atoms with Crippen molar-refractivity contribution in [3.63, 3.8) is 0 Å². The molecule has 5 heteroatoms. The van der Waals surface area contributed by atoms with Gasteiger partial charge in [0.05, 0.1) is 13.1 Å². The highest BCUT2D eigenvalue weighted by molar-refractivity contribution is 7.11. The van der Waals surface area contributed by atoms with Gasteiger partial charge < -0.3 is 9.80 Å². The second-order valence-corrected chi connectivity index (χ2v) is 9.16. The summed E-state index contributed by atoms with van der Waals surface area (Å²) in [5.41, 5.74) is 1.10. The Morgan fingerprint density at radius 3 is 2.28 bits per heavy atom. The first-order valence-electron chi connectivity index (χ1n) is 10.6. The normalized spacial score (nSPS) is 11.9. The summed E-state index contributed by atoms with van der Waals surface area (Å²) in [6.45, 7) is 10.2. The van der Waals surface area contributed by atoms with E-state index in [1.54, 1.807) is 16.2 Å². The molecule has 0 spiro atoms. The Morgan fingerprint density at radius 1 is 0.966 bits per heavy atom. The molecule has 0 saturated heterocycles. The molecular weight excluding hydrogens is 380 g/mol. The SMILES string of the molecule is CCCC(=O)N(CC(=O)N(Cc1ccccc1)Cc1ccc(C)s1)C[C@@H](C)CC. The van der Waals surface area contributed by atoms with Gasteiger partial charge in [-0.25, -0.2) is 0 Å². The molecule has 0 aliphatic carbocycles. The average molecular weight is 415 g/mol. The lowest BCUT2D eigenvalue weighted by molar-refractivity contribution is -0.141. The van der Waals surface area contributed by atoms with Gasteiger partial charge in [-0.15, -0.1) is 11.3 Å². The summed E-state index contributed by atoms with van der Waals surface area (Å²) in [7, 11) is 0. The van der Waals surface area contributed by atoms with Crippen molar-refractivity contribution < 1.29 is 9.59 Å². The number of hydrogen-bond donors (Lipinski definition) is 0. The van der Waals surface area contributed by atoms with Crippen LogP contribution in [-0.2, 0) is 22.7 Å². The molecule has 0 N–H and O–H groups in total. The number of thiophene rings is 1. The minimum Gasteiger partial charge on any atom is -0.333 e. The molecule has 0 radical (unpaired) electrons. The van der Waals surface area contributed by atoms with E-state index in [2.05, 4.69) is 32.9 Å². The van der Waals surface area contributed by atoms with Crippen LogP contribution in [0.2, 0.25) is 0 Å². The quantitative estimate of drug-likeness (QED) is 0.503. The molecule has 2 rings (SSSR count). The smallest absolute Gasteiger partial charge is 0.242 e. The number of benzene rings is 1. The molecule has 0 unspecified atom stereocenters. The van der Waals surface area contributed by atoms with Crippen molar-refractivity contribution in [2.45, 2.75) is 60.0 Å². The minimum atomic E-state index is 0.00709. The molecule has 0 saturated carbocycles. The van der Waals surface area contributed by atoms with E-state index in [1.165, 1.54) is 9.75 Å².